The largest absolute Gasteiger partial charge is 0.389 e. The maximum absolute atomic E-state index is 12.1. The Kier molecular flexibility index (Phi) is 4.52. The van der Waals surface area contributed by atoms with Crippen molar-refractivity contribution in [3.05, 3.63) is 0 Å². The van der Waals surface area contributed by atoms with Gasteiger partial charge >= 0.3 is 0 Å². The van der Waals surface area contributed by atoms with Crippen molar-refractivity contribution in [3.63, 3.8) is 0 Å². The van der Waals surface area contributed by atoms with E-state index in [9.17, 15) is 9.90 Å². The van der Waals surface area contributed by atoms with Crippen molar-refractivity contribution < 1.29 is 9.90 Å². The van der Waals surface area contributed by atoms with E-state index in [0.29, 0.717) is 0 Å². The monoisotopic (exact) mass is 243 g/mol. The first-order valence-electron chi connectivity index (χ1n) is 6.20. The normalized spacial score (nSPS) is 19.1. The zero-order valence-corrected chi connectivity index (χ0v) is 11.3. The minimum Gasteiger partial charge on any atom is -0.389 e. The molecule has 1 heterocycles. The number of amides is 1. The van der Waals surface area contributed by atoms with Gasteiger partial charge in [-0.25, -0.2) is 0 Å². The van der Waals surface area contributed by atoms with Crippen molar-refractivity contribution in [2.24, 2.45) is 0 Å². The summed E-state index contributed by atoms with van der Waals surface area (Å²) >= 11 is 0. The van der Waals surface area contributed by atoms with Crippen molar-refractivity contribution in [1.29, 1.82) is 0 Å². The van der Waals surface area contributed by atoms with Crippen LogP contribution in [0.3, 0.4) is 0 Å². The van der Waals surface area contributed by atoms with Crippen LogP contribution in [0.5, 0.6) is 0 Å². The summed E-state index contributed by atoms with van der Waals surface area (Å²) < 4.78 is 0. The first-order chi connectivity index (χ1) is 7.73. The number of hydrogen-bond acceptors (Lipinski definition) is 4. The van der Waals surface area contributed by atoms with Crippen molar-refractivity contribution in [3.8, 4) is 0 Å². The molecule has 3 N–H and O–H groups in total. The Bertz CT molecular complexity index is 265. The molecule has 5 nitrogen and oxygen atoms in total. The predicted molar refractivity (Wildman–Crippen MR) is 67.8 cm³/mol. The molecule has 100 valence electrons. The Balaban J connectivity index is 2.53. The summed E-state index contributed by atoms with van der Waals surface area (Å²) in [5.74, 6) is -0.0264. The molecule has 1 amide bonds. The lowest BCUT2D eigenvalue weighted by atomic mass is 10.00. The number of nitrogens with one attached hydrogen (secondary N) is 2. The van der Waals surface area contributed by atoms with Crippen molar-refractivity contribution >= 4 is 5.91 Å². The van der Waals surface area contributed by atoms with Crippen LogP contribution < -0.4 is 10.6 Å². The highest BCUT2D eigenvalue weighted by Gasteiger charge is 2.35. The maximum atomic E-state index is 12.1. The first-order valence-corrected chi connectivity index (χ1v) is 6.20. The molecular weight excluding hydrogens is 218 g/mol. The summed E-state index contributed by atoms with van der Waals surface area (Å²) in [6.45, 7) is 11.1. The van der Waals surface area contributed by atoms with Crippen LogP contribution in [0.15, 0.2) is 0 Å². The fourth-order valence-corrected chi connectivity index (χ4v) is 1.88. The molecule has 1 aliphatic rings. The van der Waals surface area contributed by atoms with E-state index in [4.69, 9.17) is 0 Å². The topological polar surface area (TPSA) is 64.6 Å². The Morgan fingerprint density at radius 3 is 2.29 bits per heavy atom. The number of hydrogen-bond donors (Lipinski definition) is 3. The van der Waals surface area contributed by atoms with E-state index in [1.807, 2.05) is 13.8 Å². The molecule has 0 aromatic rings. The summed E-state index contributed by atoms with van der Waals surface area (Å²) in [5.41, 5.74) is -1.39. The van der Waals surface area contributed by atoms with Gasteiger partial charge in [0.1, 0.15) is 0 Å². The zero-order chi connectivity index (χ0) is 13.1. The lowest BCUT2D eigenvalue weighted by Crippen LogP contribution is -2.60. The van der Waals surface area contributed by atoms with Gasteiger partial charge in [-0.3, -0.25) is 9.69 Å². The van der Waals surface area contributed by atoms with Crippen LogP contribution in [0.25, 0.3) is 0 Å². The van der Waals surface area contributed by atoms with E-state index >= 15 is 0 Å². The van der Waals surface area contributed by atoms with Crippen LogP contribution in [0, 0.1) is 0 Å². The molecule has 0 aromatic carbocycles. The van der Waals surface area contributed by atoms with Gasteiger partial charge in [0.25, 0.3) is 0 Å². The van der Waals surface area contributed by atoms with E-state index < -0.39 is 11.1 Å². The van der Waals surface area contributed by atoms with Crippen LogP contribution in [0.4, 0.5) is 0 Å². The second-order valence-corrected chi connectivity index (χ2v) is 5.79. The van der Waals surface area contributed by atoms with Gasteiger partial charge in [-0.05, 0) is 27.7 Å². The Labute approximate surface area is 104 Å². The van der Waals surface area contributed by atoms with Crippen molar-refractivity contribution in [1.82, 2.24) is 15.5 Å². The molecule has 0 aliphatic carbocycles. The minimum absolute atomic E-state index is 0.0264. The quantitative estimate of drug-likeness (QED) is 0.626. The number of aliphatic hydroxyl groups is 1. The van der Waals surface area contributed by atoms with Gasteiger partial charge < -0.3 is 15.7 Å². The smallest absolute Gasteiger partial charge is 0.240 e. The summed E-state index contributed by atoms with van der Waals surface area (Å²) in [5, 5.41) is 15.7. The van der Waals surface area contributed by atoms with E-state index in [1.165, 1.54) is 0 Å². The van der Waals surface area contributed by atoms with E-state index in [2.05, 4.69) is 15.5 Å². The molecule has 1 fully saturated rings. The second-order valence-electron chi connectivity index (χ2n) is 5.79. The Morgan fingerprint density at radius 1 is 1.29 bits per heavy atom. The van der Waals surface area contributed by atoms with Gasteiger partial charge in [0.05, 0.1) is 11.1 Å². The Morgan fingerprint density at radius 2 is 1.82 bits per heavy atom. The summed E-state index contributed by atoms with van der Waals surface area (Å²) in [6, 6.07) is 0. The fraction of sp³-hybridized carbons (Fsp3) is 0.917. The highest BCUT2D eigenvalue weighted by atomic mass is 16.3. The van der Waals surface area contributed by atoms with Gasteiger partial charge in [0.2, 0.25) is 5.91 Å². The second kappa shape index (κ2) is 5.33. The van der Waals surface area contributed by atoms with Crippen molar-refractivity contribution in [2.75, 3.05) is 32.7 Å². The third-order valence-corrected chi connectivity index (χ3v) is 3.14. The number of piperazine rings is 1. The van der Waals surface area contributed by atoms with Gasteiger partial charge in [-0.1, -0.05) is 0 Å². The molecule has 0 bridgehead atoms. The summed E-state index contributed by atoms with van der Waals surface area (Å²) in [4.78, 5) is 14.3. The molecule has 0 radical (unpaired) electrons. The SMILES string of the molecule is CC(C)(O)CNC(=O)C(C)(C)N1CCNCC1. The maximum Gasteiger partial charge on any atom is 0.240 e. The predicted octanol–water partition coefficient (Wildman–Crippen LogP) is -0.443. The van der Waals surface area contributed by atoms with Gasteiger partial charge in [0.15, 0.2) is 0 Å². The average Bonchev–Trinajstić information content (AvgIpc) is 2.26. The number of carbonyl (C=O) groups excluding carboxylic acids is 1. The zero-order valence-electron chi connectivity index (χ0n) is 11.3. The highest BCUT2D eigenvalue weighted by molar-refractivity contribution is 5.85. The molecule has 0 aromatic heterocycles. The number of nitrogens with zero attached hydrogens (tertiary/aromatic N) is 1. The van der Waals surface area contributed by atoms with Gasteiger partial charge in [-0.2, -0.15) is 0 Å². The van der Waals surface area contributed by atoms with E-state index in [0.717, 1.165) is 26.2 Å². The molecule has 0 unspecified atom stereocenters. The number of rotatable bonds is 4. The van der Waals surface area contributed by atoms with E-state index in [-0.39, 0.29) is 12.5 Å². The molecule has 1 saturated heterocycles. The molecule has 0 spiro atoms. The average molecular weight is 243 g/mol. The van der Waals surface area contributed by atoms with Crippen LogP contribution in [0.1, 0.15) is 27.7 Å². The van der Waals surface area contributed by atoms with Crippen LogP contribution in [-0.4, -0.2) is 59.8 Å². The summed E-state index contributed by atoms with van der Waals surface area (Å²) in [6.07, 6.45) is 0. The van der Waals surface area contributed by atoms with Crippen LogP contribution in [0.2, 0.25) is 0 Å². The van der Waals surface area contributed by atoms with Crippen LogP contribution in [-0.2, 0) is 4.79 Å². The molecule has 1 aliphatic heterocycles. The first kappa shape index (κ1) is 14.4. The minimum atomic E-state index is -0.866. The standard InChI is InChI=1S/C12H25N3O2/c1-11(2,17)9-14-10(16)12(3,4)15-7-5-13-6-8-15/h13,17H,5-9H2,1-4H3,(H,14,16). The highest BCUT2D eigenvalue weighted by Crippen LogP contribution is 2.15. The van der Waals surface area contributed by atoms with Gasteiger partial charge in [0, 0.05) is 32.7 Å². The molecule has 1 rings (SSSR count). The molecule has 0 atom stereocenters. The third kappa shape index (κ3) is 4.26. The van der Waals surface area contributed by atoms with Crippen LogP contribution >= 0.6 is 0 Å². The fourth-order valence-electron chi connectivity index (χ4n) is 1.88. The lowest BCUT2D eigenvalue weighted by molar-refractivity contribution is -0.133. The summed E-state index contributed by atoms with van der Waals surface area (Å²) in [7, 11) is 0. The van der Waals surface area contributed by atoms with Gasteiger partial charge in [-0.15, -0.1) is 0 Å². The Hall–Kier alpha value is -0.650. The molecule has 17 heavy (non-hydrogen) atoms. The molecule has 5 heteroatoms. The molecule has 0 saturated carbocycles. The molecular formula is C12H25N3O2. The third-order valence-electron chi connectivity index (χ3n) is 3.14. The lowest BCUT2D eigenvalue weighted by Gasteiger charge is -2.40. The van der Waals surface area contributed by atoms with Crippen molar-refractivity contribution in [2.45, 2.75) is 38.8 Å². The van der Waals surface area contributed by atoms with E-state index in [1.54, 1.807) is 13.8 Å². The number of carbonyl (C=O) groups is 1.